The SMILES string of the molecule is C#C[C@@]12CC[C@@H](C(C)C)[C@](C)(CCCC)C1=CC(=O)C(C#N)C2. The molecule has 2 nitrogen and oxygen atoms in total. The van der Waals surface area contributed by atoms with E-state index in [1.54, 1.807) is 6.08 Å². The van der Waals surface area contributed by atoms with Crippen molar-refractivity contribution in [1.29, 1.82) is 5.26 Å². The summed E-state index contributed by atoms with van der Waals surface area (Å²) in [6.45, 7) is 9.07. The number of hydrogen-bond acceptors (Lipinski definition) is 2. The molecule has 0 aromatic rings. The quantitative estimate of drug-likeness (QED) is 0.692. The first-order chi connectivity index (χ1) is 10.8. The average Bonchev–Trinajstić information content (AvgIpc) is 2.53. The Balaban J connectivity index is 2.56. The maximum Gasteiger partial charge on any atom is 0.172 e. The summed E-state index contributed by atoms with van der Waals surface area (Å²) in [5.74, 6) is 3.53. The van der Waals surface area contributed by atoms with Gasteiger partial charge < -0.3 is 0 Å². The third-order valence-corrected chi connectivity index (χ3v) is 6.30. The molecule has 0 bridgehead atoms. The molecule has 1 unspecified atom stereocenters. The van der Waals surface area contributed by atoms with Gasteiger partial charge in [-0.3, -0.25) is 4.79 Å². The summed E-state index contributed by atoms with van der Waals surface area (Å²) in [5, 5.41) is 9.30. The zero-order valence-corrected chi connectivity index (χ0v) is 15.0. The van der Waals surface area contributed by atoms with Crippen molar-refractivity contribution >= 4 is 5.78 Å². The maximum atomic E-state index is 12.4. The second-order valence-corrected chi connectivity index (χ2v) is 7.98. The minimum Gasteiger partial charge on any atom is -0.293 e. The highest BCUT2D eigenvalue weighted by Gasteiger charge is 2.54. The second-order valence-electron chi connectivity index (χ2n) is 7.98. The molecule has 2 heteroatoms. The number of ketones is 1. The Hall–Kier alpha value is -1.54. The molecule has 0 N–H and O–H groups in total. The molecule has 124 valence electrons. The fraction of sp³-hybridized carbons (Fsp3) is 0.714. The van der Waals surface area contributed by atoms with Crippen LogP contribution in [0.5, 0.6) is 0 Å². The van der Waals surface area contributed by atoms with E-state index in [2.05, 4.69) is 39.7 Å². The average molecular weight is 311 g/mol. The molecule has 2 aliphatic rings. The van der Waals surface area contributed by atoms with E-state index in [0.29, 0.717) is 18.3 Å². The van der Waals surface area contributed by atoms with Gasteiger partial charge >= 0.3 is 0 Å². The molecule has 1 saturated carbocycles. The zero-order chi connectivity index (χ0) is 17.3. The van der Waals surface area contributed by atoms with Gasteiger partial charge in [-0.05, 0) is 54.6 Å². The Kier molecular flexibility index (Phi) is 5.05. The van der Waals surface area contributed by atoms with E-state index < -0.39 is 5.92 Å². The number of unbranched alkanes of at least 4 members (excludes halogenated alkanes) is 1. The smallest absolute Gasteiger partial charge is 0.172 e. The van der Waals surface area contributed by atoms with Crippen molar-refractivity contribution in [3.8, 4) is 18.4 Å². The molecular weight excluding hydrogens is 282 g/mol. The lowest BCUT2D eigenvalue weighted by Crippen LogP contribution is -2.48. The Morgan fingerprint density at radius 2 is 2.17 bits per heavy atom. The van der Waals surface area contributed by atoms with Crippen LogP contribution >= 0.6 is 0 Å². The number of carbonyl (C=O) groups is 1. The van der Waals surface area contributed by atoms with Gasteiger partial charge in [0.15, 0.2) is 5.78 Å². The summed E-state index contributed by atoms with van der Waals surface area (Å²) in [6, 6.07) is 2.16. The molecule has 0 saturated heterocycles. The maximum absolute atomic E-state index is 12.4. The van der Waals surface area contributed by atoms with Gasteiger partial charge in [0.1, 0.15) is 5.92 Å². The fourth-order valence-electron chi connectivity index (χ4n) is 5.06. The predicted molar refractivity (Wildman–Crippen MR) is 93.3 cm³/mol. The van der Waals surface area contributed by atoms with Crippen LogP contribution in [0.1, 0.15) is 66.2 Å². The Bertz CT molecular complexity index is 588. The third kappa shape index (κ3) is 2.85. The summed E-state index contributed by atoms with van der Waals surface area (Å²) in [7, 11) is 0. The molecule has 0 radical (unpaired) electrons. The first-order valence-electron chi connectivity index (χ1n) is 8.98. The number of terminal acetylenes is 1. The molecule has 23 heavy (non-hydrogen) atoms. The second kappa shape index (κ2) is 6.52. The van der Waals surface area contributed by atoms with E-state index in [0.717, 1.165) is 37.7 Å². The van der Waals surface area contributed by atoms with E-state index in [1.165, 1.54) is 0 Å². The Labute approximate surface area is 141 Å². The van der Waals surface area contributed by atoms with Crippen molar-refractivity contribution in [2.75, 3.05) is 0 Å². The van der Waals surface area contributed by atoms with Crippen LogP contribution in [0.15, 0.2) is 11.6 Å². The van der Waals surface area contributed by atoms with Crippen molar-refractivity contribution in [3.05, 3.63) is 11.6 Å². The van der Waals surface area contributed by atoms with E-state index in [4.69, 9.17) is 6.42 Å². The summed E-state index contributed by atoms with van der Waals surface area (Å²) in [5.41, 5.74) is 0.745. The Morgan fingerprint density at radius 1 is 1.48 bits per heavy atom. The first kappa shape index (κ1) is 17.8. The van der Waals surface area contributed by atoms with Crippen molar-refractivity contribution in [2.24, 2.45) is 28.6 Å². The summed E-state index contributed by atoms with van der Waals surface area (Å²) in [6.07, 6.45) is 13.6. The van der Waals surface area contributed by atoms with Gasteiger partial charge in [0, 0.05) is 0 Å². The van der Waals surface area contributed by atoms with Gasteiger partial charge in [0.25, 0.3) is 0 Å². The first-order valence-corrected chi connectivity index (χ1v) is 8.98. The highest BCUT2D eigenvalue weighted by atomic mass is 16.1. The number of nitrogens with zero attached hydrogens (tertiary/aromatic N) is 1. The number of fused-ring (bicyclic) bond motifs is 1. The lowest BCUT2D eigenvalue weighted by atomic mass is 9.48. The highest BCUT2D eigenvalue weighted by Crippen LogP contribution is 2.61. The lowest BCUT2D eigenvalue weighted by molar-refractivity contribution is -0.118. The minimum atomic E-state index is -0.569. The van der Waals surface area contributed by atoms with Gasteiger partial charge in [-0.2, -0.15) is 5.26 Å². The largest absolute Gasteiger partial charge is 0.293 e. The molecule has 4 atom stereocenters. The molecular formula is C21H29NO. The summed E-state index contributed by atoms with van der Waals surface area (Å²) < 4.78 is 0. The lowest BCUT2D eigenvalue weighted by Gasteiger charge is -2.54. The zero-order valence-electron chi connectivity index (χ0n) is 15.0. The number of rotatable bonds is 4. The number of allylic oxidation sites excluding steroid dienone is 2. The van der Waals surface area contributed by atoms with Crippen LogP contribution in [0.4, 0.5) is 0 Å². The molecule has 2 aliphatic carbocycles. The molecule has 2 rings (SSSR count). The standard InChI is InChI=1S/C21H29NO/c1-6-8-10-20(5)17(15(3)4)9-11-21(7-2)13-16(14-22)18(23)12-19(20)21/h2,12,15-17H,6,8-11,13H2,1,3-5H3/t16?,17-,20-,21-/m0/s1. The van der Waals surface area contributed by atoms with Gasteiger partial charge in [-0.1, -0.05) is 46.5 Å². The van der Waals surface area contributed by atoms with Crippen LogP contribution in [0.3, 0.4) is 0 Å². The van der Waals surface area contributed by atoms with E-state index in [9.17, 15) is 10.1 Å². The summed E-state index contributed by atoms with van der Waals surface area (Å²) in [4.78, 5) is 12.4. The van der Waals surface area contributed by atoms with Crippen molar-refractivity contribution in [1.82, 2.24) is 0 Å². The summed E-state index contributed by atoms with van der Waals surface area (Å²) >= 11 is 0. The van der Waals surface area contributed by atoms with Gasteiger partial charge in [-0.25, -0.2) is 0 Å². The van der Waals surface area contributed by atoms with Crippen LogP contribution in [0, 0.1) is 52.3 Å². The van der Waals surface area contributed by atoms with Crippen LogP contribution < -0.4 is 0 Å². The molecule has 0 spiro atoms. The van der Waals surface area contributed by atoms with Crippen LogP contribution in [0.25, 0.3) is 0 Å². The molecule has 0 amide bonds. The van der Waals surface area contributed by atoms with E-state index in [-0.39, 0.29) is 16.6 Å². The number of nitriles is 1. The fourth-order valence-corrected chi connectivity index (χ4v) is 5.06. The number of carbonyl (C=O) groups excluding carboxylic acids is 1. The van der Waals surface area contributed by atoms with E-state index >= 15 is 0 Å². The van der Waals surface area contributed by atoms with Crippen LogP contribution in [-0.4, -0.2) is 5.78 Å². The van der Waals surface area contributed by atoms with Crippen LogP contribution in [0.2, 0.25) is 0 Å². The van der Waals surface area contributed by atoms with Gasteiger partial charge in [0.2, 0.25) is 0 Å². The minimum absolute atomic E-state index is 0.0229. The molecule has 0 aliphatic heterocycles. The molecule has 0 aromatic heterocycles. The topological polar surface area (TPSA) is 40.9 Å². The molecule has 0 aromatic carbocycles. The van der Waals surface area contributed by atoms with Crippen LogP contribution in [-0.2, 0) is 4.79 Å². The number of hydrogen-bond donors (Lipinski definition) is 0. The van der Waals surface area contributed by atoms with Gasteiger partial charge in [-0.15, -0.1) is 6.42 Å². The Morgan fingerprint density at radius 3 is 2.70 bits per heavy atom. The van der Waals surface area contributed by atoms with Crippen molar-refractivity contribution in [3.63, 3.8) is 0 Å². The van der Waals surface area contributed by atoms with Crippen molar-refractivity contribution in [2.45, 2.75) is 66.2 Å². The monoisotopic (exact) mass is 311 g/mol. The molecule has 1 fully saturated rings. The predicted octanol–water partition coefficient (Wildman–Crippen LogP) is 4.91. The molecule has 0 heterocycles. The highest BCUT2D eigenvalue weighted by molar-refractivity contribution is 5.96. The normalized spacial score (nSPS) is 36.8. The van der Waals surface area contributed by atoms with E-state index in [1.807, 2.05) is 0 Å². The third-order valence-electron chi connectivity index (χ3n) is 6.30. The van der Waals surface area contributed by atoms with Crippen molar-refractivity contribution < 1.29 is 4.79 Å². The van der Waals surface area contributed by atoms with Gasteiger partial charge in [0.05, 0.1) is 11.5 Å².